The van der Waals surface area contributed by atoms with E-state index in [1.54, 1.807) is 0 Å². The van der Waals surface area contributed by atoms with E-state index in [-0.39, 0.29) is 18.3 Å². The summed E-state index contributed by atoms with van der Waals surface area (Å²) in [7, 11) is -2.07. The molecule has 1 heterocycles. The maximum Gasteiger partial charge on any atom is 0.489 e. The highest BCUT2D eigenvalue weighted by molar-refractivity contribution is 6.92. The Kier molecular flexibility index (Phi) is 5.83. The third-order valence-electron chi connectivity index (χ3n) is 7.37. The smallest absolute Gasteiger partial charge is 0.400 e. The lowest BCUT2D eigenvalue weighted by Crippen LogP contribution is -2.51. The Morgan fingerprint density at radius 3 is 2.04 bits per heavy atom. The minimum absolute atomic E-state index is 0.294. The Hall–Kier alpha value is -0.838. The molecule has 148 valence electrons. The second-order valence-electron chi connectivity index (χ2n) is 10.1. The molecule has 3 rings (SSSR count). The number of benzene rings is 1. The number of hydrogen-bond acceptors (Lipinski definition) is 2. The van der Waals surface area contributed by atoms with Crippen LogP contribution >= 0.6 is 0 Å². The van der Waals surface area contributed by atoms with Crippen LogP contribution in [0.1, 0.15) is 59.8 Å². The summed E-state index contributed by atoms with van der Waals surface area (Å²) < 4.78 is 12.9. The summed E-state index contributed by atoms with van der Waals surface area (Å²) in [4.78, 5) is 0. The summed E-state index contributed by atoms with van der Waals surface area (Å²) in [5, 5.41) is 1.51. The molecule has 0 N–H and O–H groups in total. The van der Waals surface area contributed by atoms with Gasteiger partial charge in [-0.25, -0.2) is 0 Å². The lowest BCUT2D eigenvalue weighted by molar-refractivity contribution is 0.00578. The van der Waals surface area contributed by atoms with Crippen molar-refractivity contribution in [3.05, 3.63) is 42.4 Å². The number of rotatable bonds is 5. The van der Waals surface area contributed by atoms with Crippen LogP contribution in [0.15, 0.2) is 42.4 Å². The molecular formula is C23H37BO2Si. The van der Waals surface area contributed by atoms with Crippen molar-refractivity contribution in [2.75, 3.05) is 0 Å². The fraction of sp³-hybridized carbons (Fsp3) is 0.652. The van der Waals surface area contributed by atoms with Crippen LogP contribution in [0.5, 0.6) is 0 Å². The van der Waals surface area contributed by atoms with E-state index in [4.69, 9.17) is 9.31 Å². The van der Waals surface area contributed by atoms with Gasteiger partial charge in [-0.1, -0.05) is 80.7 Å². The van der Waals surface area contributed by atoms with E-state index >= 15 is 0 Å². The van der Waals surface area contributed by atoms with Gasteiger partial charge < -0.3 is 9.31 Å². The van der Waals surface area contributed by atoms with Gasteiger partial charge in [0.25, 0.3) is 0 Å². The summed E-state index contributed by atoms with van der Waals surface area (Å²) >= 11 is 0. The molecular weight excluding hydrogens is 347 g/mol. The number of hydrogen-bond donors (Lipinski definition) is 0. The van der Waals surface area contributed by atoms with Gasteiger partial charge in [-0.05, 0) is 44.6 Å². The second kappa shape index (κ2) is 7.53. The Morgan fingerprint density at radius 2 is 1.52 bits per heavy atom. The van der Waals surface area contributed by atoms with Crippen molar-refractivity contribution in [3.8, 4) is 0 Å². The van der Waals surface area contributed by atoms with E-state index < -0.39 is 8.07 Å². The first-order chi connectivity index (χ1) is 12.6. The molecule has 2 nitrogen and oxygen atoms in total. The standard InChI is InChI=1S/C23H37BO2Si/c1-18(24-25-22(2,3)23(4,5)26-24)21(19-14-10-8-11-15-19)27(6,7)20-16-12-9-13-17-20/h9,12-13,16-17,19,21H,1,8,10-11,14-15H2,2-7H3. The largest absolute Gasteiger partial charge is 0.489 e. The van der Waals surface area contributed by atoms with Crippen LogP contribution in [0, 0.1) is 5.92 Å². The lowest BCUT2D eigenvalue weighted by Gasteiger charge is -2.42. The minimum Gasteiger partial charge on any atom is -0.400 e. The molecule has 0 radical (unpaired) electrons. The van der Waals surface area contributed by atoms with Gasteiger partial charge in [0.15, 0.2) is 0 Å². The van der Waals surface area contributed by atoms with E-state index in [0.29, 0.717) is 11.5 Å². The van der Waals surface area contributed by atoms with Crippen molar-refractivity contribution in [2.45, 2.75) is 89.6 Å². The molecule has 27 heavy (non-hydrogen) atoms. The minimum atomic E-state index is -1.78. The van der Waals surface area contributed by atoms with Gasteiger partial charge >= 0.3 is 7.12 Å². The summed E-state index contributed by atoms with van der Waals surface area (Å²) in [5.41, 5.74) is 1.04. The highest BCUT2D eigenvalue weighted by Crippen LogP contribution is 2.47. The average Bonchev–Trinajstić information content (AvgIpc) is 2.84. The lowest BCUT2D eigenvalue weighted by atomic mass is 9.71. The van der Waals surface area contributed by atoms with Crippen LogP contribution in [0.25, 0.3) is 0 Å². The van der Waals surface area contributed by atoms with Crippen molar-refractivity contribution < 1.29 is 9.31 Å². The van der Waals surface area contributed by atoms with E-state index in [2.05, 4.69) is 77.7 Å². The van der Waals surface area contributed by atoms with Gasteiger partial charge in [-0.3, -0.25) is 0 Å². The van der Waals surface area contributed by atoms with Crippen molar-refractivity contribution in [2.24, 2.45) is 5.92 Å². The predicted octanol–water partition coefficient (Wildman–Crippen LogP) is 5.74. The van der Waals surface area contributed by atoms with Crippen LogP contribution < -0.4 is 5.19 Å². The first-order valence-electron chi connectivity index (χ1n) is 10.7. The van der Waals surface area contributed by atoms with Crippen LogP contribution in [0.3, 0.4) is 0 Å². The monoisotopic (exact) mass is 384 g/mol. The molecule has 4 heteroatoms. The predicted molar refractivity (Wildman–Crippen MR) is 119 cm³/mol. The van der Waals surface area contributed by atoms with E-state index in [9.17, 15) is 0 Å². The third kappa shape index (κ3) is 3.99. The Morgan fingerprint density at radius 1 is 1.00 bits per heavy atom. The average molecular weight is 384 g/mol. The normalized spacial score (nSPS) is 24.0. The zero-order valence-corrected chi connectivity index (χ0v) is 19.2. The summed E-state index contributed by atoms with van der Waals surface area (Å²) in [6.45, 7) is 18.2. The van der Waals surface area contributed by atoms with Gasteiger partial charge in [-0.15, -0.1) is 6.58 Å². The second-order valence-corrected chi connectivity index (χ2v) is 14.8. The summed E-state index contributed by atoms with van der Waals surface area (Å²) in [6, 6.07) is 11.1. The van der Waals surface area contributed by atoms with Crippen LogP contribution in [-0.4, -0.2) is 26.4 Å². The van der Waals surface area contributed by atoms with E-state index in [0.717, 1.165) is 0 Å². The van der Waals surface area contributed by atoms with Gasteiger partial charge in [-0.2, -0.15) is 0 Å². The van der Waals surface area contributed by atoms with Crippen molar-refractivity contribution in [1.29, 1.82) is 0 Å². The van der Waals surface area contributed by atoms with E-state index in [1.165, 1.54) is 42.8 Å². The molecule has 1 aromatic rings. The van der Waals surface area contributed by atoms with Gasteiger partial charge in [0, 0.05) is 0 Å². The molecule has 0 spiro atoms. The Bertz CT molecular complexity index is 646. The van der Waals surface area contributed by atoms with Gasteiger partial charge in [0.2, 0.25) is 0 Å². The maximum absolute atomic E-state index is 6.43. The topological polar surface area (TPSA) is 18.5 Å². The molecule has 1 saturated heterocycles. The fourth-order valence-corrected chi connectivity index (χ4v) is 9.00. The molecule has 2 fully saturated rings. The van der Waals surface area contributed by atoms with E-state index in [1.807, 2.05) is 0 Å². The third-order valence-corrected chi connectivity index (χ3v) is 11.6. The molecule has 1 aromatic carbocycles. The number of allylic oxidation sites excluding steroid dienone is 1. The van der Waals surface area contributed by atoms with Crippen LogP contribution in [-0.2, 0) is 9.31 Å². The highest BCUT2D eigenvalue weighted by Gasteiger charge is 2.55. The Balaban J connectivity index is 1.94. The molecule has 0 aromatic heterocycles. The van der Waals surface area contributed by atoms with Crippen LogP contribution in [0.2, 0.25) is 18.6 Å². The van der Waals surface area contributed by atoms with Crippen molar-refractivity contribution in [3.63, 3.8) is 0 Å². The summed E-state index contributed by atoms with van der Waals surface area (Å²) in [5.74, 6) is 0.701. The zero-order valence-electron chi connectivity index (χ0n) is 18.2. The highest BCUT2D eigenvalue weighted by atomic mass is 28.3. The molecule has 0 amide bonds. The van der Waals surface area contributed by atoms with Crippen LogP contribution in [0.4, 0.5) is 0 Å². The fourth-order valence-electron chi connectivity index (χ4n) is 5.01. The Labute approximate surface area is 167 Å². The first-order valence-corrected chi connectivity index (χ1v) is 13.7. The first kappa shape index (κ1) is 20.9. The molecule has 1 atom stereocenters. The molecule has 0 bridgehead atoms. The van der Waals surface area contributed by atoms with Crippen molar-refractivity contribution in [1.82, 2.24) is 0 Å². The molecule has 1 unspecified atom stereocenters. The van der Waals surface area contributed by atoms with Gasteiger partial charge in [0.1, 0.15) is 0 Å². The maximum atomic E-state index is 6.43. The molecule has 1 aliphatic carbocycles. The SMILES string of the molecule is C=C(B1OC(C)(C)C(C)(C)O1)C(C1CCCCC1)[Si](C)(C)c1ccccc1. The summed E-state index contributed by atoms with van der Waals surface area (Å²) in [6.07, 6.45) is 6.69. The van der Waals surface area contributed by atoms with Gasteiger partial charge in [0.05, 0.1) is 19.3 Å². The molecule has 2 aliphatic rings. The zero-order chi connectivity index (χ0) is 19.9. The molecule has 1 aliphatic heterocycles. The molecule has 1 saturated carbocycles. The van der Waals surface area contributed by atoms with Crippen molar-refractivity contribution >= 4 is 20.4 Å². The quantitative estimate of drug-likeness (QED) is 0.603.